The van der Waals surface area contributed by atoms with E-state index in [0.29, 0.717) is 21.1 Å². The predicted octanol–water partition coefficient (Wildman–Crippen LogP) is 4.21. The maximum absolute atomic E-state index is 13.9. The van der Waals surface area contributed by atoms with Crippen molar-refractivity contribution in [2.24, 2.45) is 0 Å². The van der Waals surface area contributed by atoms with Crippen LogP contribution in [0.3, 0.4) is 0 Å². The third kappa shape index (κ3) is 4.44. The number of hydrogen-bond acceptors (Lipinski definition) is 6. The van der Waals surface area contributed by atoms with Crippen molar-refractivity contribution in [3.63, 3.8) is 0 Å². The first-order valence-corrected chi connectivity index (χ1v) is 10.2. The molecule has 0 radical (unpaired) electrons. The molecule has 1 saturated heterocycles. The van der Waals surface area contributed by atoms with Crippen molar-refractivity contribution in [1.82, 2.24) is 9.97 Å². The Morgan fingerprint density at radius 1 is 1.14 bits per heavy atom. The lowest BCUT2D eigenvalue weighted by atomic mass is 10.2. The zero-order valence-corrected chi connectivity index (χ0v) is 16.9. The summed E-state index contributed by atoms with van der Waals surface area (Å²) < 4.78 is 19.7. The number of hydrogen-bond donors (Lipinski definition) is 1. The number of pyridine rings is 1. The van der Waals surface area contributed by atoms with Crippen molar-refractivity contribution in [2.45, 2.75) is 26.1 Å². The van der Waals surface area contributed by atoms with Gasteiger partial charge in [-0.05, 0) is 38.1 Å². The Labute approximate surface area is 172 Å². The fraction of sp³-hybridized carbons (Fsp3) is 0.286. The molecule has 6 nitrogen and oxygen atoms in total. The zero-order valence-electron chi connectivity index (χ0n) is 16.1. The van der Waals surface area contributed by atoms with Crippen LogP contribution < -0.4 is 10.2 Å². The highest BCUT2D eigenvalue weighted by molar-refractivity contribution is 7.17. The monoisotopic (exact) mass is 412 g/mol. The highest BCUT2D eigenvalue weighted by Crippen LogP contribution is 2.28. The Kier molecular flexibility index (Phi) is 5.55. The van der Waals surface area contributed by atoms with Crippen molar-refractivity contribution in [3.8, 4) is 10.6 Å². The van der Waals surface area contributed by atoms with E-state index in [0.717, 1.165) is 30.2 Å². The maximum Gasteiger partial charge on any atom is 0.267 e. The van der Waals surface area contributed by atoms with Crippen molar-refractivity contribution in [3.05, 3.63) is 59.5 Å². The molecule has 3 heterocycles. The summed E-state index contributed by atoms with van der Waals surface area (Å²) in [7, 11) is 0. The van der Waals surface area contributed by atoms with E-state index < -0.39 is 0 Å². The minimum Gasteiger partial charge on any atom is -0.372 e. The van der Waals surface area contributed by atoms with Gasteiger partial charge in [-0.1, -0.05) is 12.1 Å². The number of nitrogens with zero attached hydrogens (tertiary/aromatic N) is 3. The van der Waals surface area contributed by atoms with Crippen molar-refractivity contribution < 1.29 is 13.9 Å². The van der Waals surface area contributed by atoms with Crippen LogP contribution >= 0.6 is 11.3 Å². The van der Waals surface area contributed by atoms with Gasteiger partial charge < -0.3 is 15.0 Å². The molecule has 1 aliphatic heterocycles. The van der Waals surface area contributed by atoms with Gasteiger partial charge in [0.15, 0.2) is 0 Å². The molecule has 1 amide bonds. The standard InChI is InChI=1S/C21H21FN4O2S/c1-13-11-26(12-14(2)28-13)19-8-7-15(9-23-19)25-20(27)18-10-24-21(29-18)16-5-3-4-6-17(16)22/h3-10,13-14H,11-12H2,1-2H3,(H,25,27). The second kappa shape index (κ2) is 8.26. The van der Waals surface area contributed by atoms with Crippen LogP contribution in [0.2, 0.25) is 0 Å². The zero-order chi connectivity index (χ0) is 20.4. The van der Waals surface area contributed by atoms with Gasteiger partial charge in [0.25, 0.3) is 5.91 Å². The Morgan fingerprint density at radius 3 is 2.59 bits per heavy atom. The molecule has 0 saturated carbocycles. The topological polar surface area (TPSA) is 67.4 Å². The molecule has 0 bridgehead atoms. The van der Waals surface area contributed by atoms with Gasteiger partial charge >= 0.3 is 0 Å². The van der Waals surface area contributed by atoms with E-state index in [1.54, 1.807) is 24.4 Å². The second-order valence-corrected chi connectivity index (χ2v) is 8.06. The number of nitrogens with one attached hydrogen (secondary N) is 1. The number of thiazole rings is 1. The fourth-order valence-electron chi connectivity index (χ4n) is 3.34. The largest absolute Gasteiger partial charge is 0.372 e. The van der Waals surface area contributed by atoms with E-state index in [-0.39, 0.29) is 23.9 Å². The van der Waals surface area contributed by atoms with Crippen molar-refractivity contribution >= 4 is 28.7 Å². The van der Waals surface area contributed by atoms with Crippen molar-refractivity contribution in [2.75, 3.05) is 23.3 Å². The average molecular weight is 412 g/mol. The van der Waals surface area contributed by atoms with Gasteiger partial charge in [-0.2, -0.15) is 0 Å². The van der Waals surface area contributed by atoms with Gasteiger partial charge in [-0.3, -0.25) is 4.79 Å². The molecule has 0 aliphatic carbocycles. The van der Waals surface area contributed by atoms with Gasteiger partial charge in [-0.15, -0.1) is 11.3 Å². The number of rotatable bonds is 4. The van der Waals surface area contributed by atoms with Gasteiger partial charge in [0.2, 0.25) is 0 Å². The van der Waals surface area contributed by atoms with Crippen LogP contribution in [0.4, 0.5) is 15.9 Å². The summed E-state index contributed by atoms with van der Waals surface area (Å²) >= 11 is 1.15. The number of halogens is 1. The van der Waals surface area contributed by atoms with E-state index >= 15 is 0 Å². The number of anilines is 2. The second-order valence-electron chi connectivity index (χ2n) is 7.03. The van der Waals surface area contributed by atoms with Crippen LogP contribution in [-0.4, -0.2) is 41.2 Å². The molecular weight excluding hydrogens is 391 g/mol. The molecule has 3 aromatic rings. The molecule has 8 heteroatoms. The lowest BCUT2D eigenvalue weighted by Crippen LogP contribution is -2.45. The number of morpholine rings is 1. The summed E-state index contributed by atoms with van der Waals surface area (Å²) in [6.45, 7) is 5.65. The van der Waals surface area contributed by atoms with Gasteiger partial charge in [0, 0.05) is 18.7 Å². The van der Waals surface area contributed by atoms with Crippen LogP contribution in [-0.2, 0) is 4.74 Å². The Hall–Kier alpha value is -2.84. The number of amides is 1. The van der Waals surface area contributed by atoms with Gasteiger partial charge in [0.1, 0.15) is 21.5 Å². The van der Waals surface area contributed by atoms with Gasteiger partial charge in [-0.25, -0.2) is 14.4 Å². The molecule has 2 atom stereocenters. The number of carbonyl (C=O) groups is 1. The first kappa shape index (κ1) is 19.5. The summed E-state index contributed by atoms with van der Waals surface area (Å²) in [5, 5.41) is 3.29. The van der Waals surface area contributed by atoms with E-state index in [4.69, 9.17) is 4.74 Å². The lowest BCUT2D eigenvalue weighted by molar-refractivity contribution is -0.00545. The molecule has 2 unspecified atom stereocenters. The first-order chi connectivity index (χ1) is 14.0. The Morgan fingerprint density at radius 2 is 1.90 bits per heavy atom. The van der Waals surface area contributed by atoms with E-state index in [1.165, 1.54) is 12.3 Å². The molecule has 1 N–H and O–H groups in total. The summed E-state index contributed by atoms with van der Waals surface area (Å²) in [6.07, 6.45) is 3.39. The minimum atomic E-state index is -0.361. The number of carbonyl (C=O) groups excluding carboxylic acids is 1. The van der Waals surface area contributed by atoms with E-state index in [1.807, 2.05) is 26.0 Å². The third-order valence-corrected chi connectivity index (χ3v) is 5.61. The molecule has 0 spiro atoms. The normalized spacial score (nSPS) is 19.2. The molecule has 1 fully saturated rings. The van der Waals surface area contributed by atoms with Crippen LogP contribution in [0, 0.1) is 5.82 Å². The van der Waals surface area contributed by atoms with Crippen LogP contribution in [0.5, 0.6) is 0 Å². The number of aromatic nitrogens is 2. The lowest BCUT2D eigenvalue weighted by Gasteiger charge is -2.36. The SMILES string of the molecule is CC1CN(c2ccc(NC(=O)c3cnc(-c4ccccc4F)s3)cn2)CC(C)O1. The third-order valence-electron chi connectivity index (χ3n) is 4.58. The predicted molar refractivity (Wildman–Crippen MR) is 112 cm³/mol. The smallest absolute Gasteiger partial charge is 0.267 e. The first-order valence-electron chi connectivity index (χ1n) is 9.38. The molecule has 4 rings (SSSR count). The van der Waals surface area contributed by atoms with Crippen LogP contribution in [0.25, 0.3) is 10.6 Å². The number of benzene rings is 1. The highest BCUT2D eigenvalue weighted by atomic mass is 32.1. The quantitative estimate of drug-likeness (QED) is 0.695. The fourth-order valence-corrected chi connectivity index (χ4v) is 4.18. The molecule has 1 aliphatic rings. The van der Waals surface area contributed by atoms with Crippen LogP contribution in [0.15, 0.2) is 48.8 Å². The summed E-state index contributed by atoms with van der Waals surface area (Å²) in [4.78, 5) is 23.8. The Bertz CT molecular complexity index is 998. The number of ether oxygens (including phenoxy) is 1. The molecule has 1 aromatic carbocycles. The van der Waals surface area contributed by atoms with Crippen molar-refractivity contribution in [1.29, 1.82) is 0 Å². The summed E-state index contributed by atoms with van der Waals surface area (Å²) in [5.41, 5.74) is 0.977. The Balaban J connectivity index is 1.43. The van der Waals surface area contributed by atoms with Gasteiger partial charge in [0.05, 0.1) is 30.3 Å². The summed E-state index contributed by atoms with van der Waals surface area (Å²) in [6, 6.07) is 10.1. The van der Waals surface area contributed by atoms with E-state index in [9.17, 15) is 9.18 Å². The molecule has 150 valence electrons. The average Bonchev–Trinajstić information content (AvgIpc) is 3.18. The van der Waals surface area contributed by atoms with E-state index in [2.05, 4.69) is 20.2 Å². The highest BCUT2D eigenvalue weighted by Gasteiger charge is 2.23. The van der Waals surface area contributed by atoms with Crippen LogP contribution in [0.1, 0.15) is 23.5 Å². The maximum atomic E-state index is 13.9. The molecule has 2 aromatic heterocycles. The molecular formula is C21H21FN4O2S. The summed E-state index contributed by atoms with van der Waals surface area (Å²) in [5.74, 6) is 0.193. The molecule has 29 heavy (non-hydrogen) atoms. The minimum absolute atomic E-state index is 0.148.